The van der Waals surface area contributed by atoms with E-state index in [1.807, 2.05) is 0 Å². The molecule has 12 heavy (non-hydrogen) atoms. The molecule has 0 amide bonds. The van der Waals surface area contributed by atoms with Crippen molar-refractivity contribution in [2.24, 2.45) is 0 Å². The van der Waals surface area contributed by atoms with Crippen molar-refractivity contribution in [2.45, 2.75) is 0 Å². The molecule has 56 valence electrons. The summed E-state index contributed by atoms with van der Waals surface area (Å²) in [6.07, 6.45) is 5.11. The predicted octanol–water partition coefficient (Wildman–Crippen LogP) is -1.68. The van der Waals surface area contributed by atoms with Crippen molar-refractivity contribution in [1.29, 1.82) is 0 Å². The minimum atomic E-state index is 0. The number of benzene rings is 1. The van der Waals surface area contributed by atoms with E-state index >= 15 is 0 Å². The van der Waals surface area contributed by atoms with E-state index in [0.29, 0.717) is 12.2 Å². The smallest absolute Gasteiger partial charge is 1.00 e. The minimum Gasteiger partial charge on any atom is -1.00 e. The zero-order valence-electron chi connectivity index (χ0n) is 7.78. The Morgan fingerprint density at radius 1 is 1.42 bits per heavy atom. The second-order valence-electron chi connectivity index (χ2n) is 1.88. The predicted molar refractivity (Wildman–Crippen MR) is 42.2 cm³/mol. The average Bonchev–Trinajstić information content (AvgIpc) is 2.07. The first-order valence-corrected chi connectivity index (χ1v) is 3.04. The van der Waals surface area contributed by atoms with Gasteiger partial charge in [0.2, 0.25) is 0 Å². The van der Waals surface area contributed by atoms with E-state index in [2.05, 4.69) is 10.7 Å². The van der Waals surface area contributed by atoms with Crippen LogP contribution in [0.4, 0.5) is 0 Å². The van der Waals surface area contributed by atoms with Crippen LogP contribution in [0.1, 0.15) is 6.99 Å². The first-order chi connectivity index (χ1) is 5.36. The molecule has 0 aliphatic heterocycles. The molecule has 0 fully saturated rings. The Hall–Kier alpha value is -0.750. The van der Waals surface area contributed by atoms with Crippen LogP contribution in [-0.2, 0) is 4.79 Å². The molecule has 1 aromatic carbocycles. The summed E-state index contributed by atoms with van der Waals surface area (Å²) in [5, 5.41) is 0. The fourth-order valence-electron chi connectivity index (χ4n) is 0.685. The van der Waals surface area contributed by atoms with Crippen molar-refractivity contribution < 1.29 is 40.5 Å². The Labute approximate surface area is 94.7 Å². The molecule has 1 aromatic rings. The summed E-state index contributed by atoms with van der Waals surface area (Å²) in [6.45, 7) is 0.380. The Morgan fingerprint density at radius 2 is 2.00 bits per heavy atom. The Bertz CT molecular complexity index is 289. The summed E-state index contributed by atoms with van der Waals surface area (Å²) in [6, 6.07) is 6.70. The molecule has 0 bridgehead atoms. The molecule has 0 aromatic heterocycles. The summed E-state index contributed by atoms with van der Waals surface area (Å²) in [7, 11) is 0. The molecule has 2 nitrogen and oxygen atoms in total. The van der Waals surface area contributed by atoms with Crippen LogP contribution in [-0.4, -0.2) is 6.47 Å². The van der Waals surface area contributed by atoms with Crippen LogP contribution in [0.2, 0.25) is 0 Å². The average molecular weight is 170 g/mol. The van der Waals surface area contributed by atoms with Crippen LogP contribution < -0.4 is 34.3 Å². The molecule has 0 saturated carbocycles. The molecule has 0 radical (unpaired) electrons. The summed E-state index contributed by atoms with van der Waals surface area (Å²) in [5.41, 5.74) is 0.767. The van der Waals surface area contributed by atoms with Gasteiger partial charge in [-0.2, -0.15) is 0 Å². The molecule has 0 N–H and O–H groups in total. The summed E-state index contributed by atoms with van der Waals surface area (Å²) in [4.78, 5) is 9.87. The summed E-state index contributed by atoms with van der Waals surface area (Å²) < 4.78 is 4.56. The van der Waals surface area contributed by atoms with E-state index in [0.717, 1.165) is 5.56 Å². The number of hydrogen-bond acceptors (Lipinski definition) is 2. The van der Waals surface area contributed by atoms with Crippen molar-refractivity contribution in [3.8, 4) is 18.1 Å². The van der Waals surface area contributed by atoms with Gasteiger partial charge in [-0.3, -0.25) is 4.79 Å². The minimum absolute atomic E-state index is 0. The van der Waals surface area contributed by atoms with Gasteiger partial charge < -0.3 is 6.16 Å². The van der Waals surface area contributed by atoms with Gasteiger partial charge in [-0.05, 0) is 24.3 Å². The molecule has 1 rings (SSSR count). The third-order valence-electron chi connectivity index (χ3n) is 1.21. The molecule has 3 heteroatoms. The van der Waals surface area contributed by atoms with Gasteiger partial charge >= 0.3 is 29.6 Å². The van der Waals surface area contributed by atoms with Gasteiger partial charge in [-0.15, -0.1) is 6.42 Å². The number of terminal acetylenes is 1. The number of rotatable bonds is 2. The largest absolute Gasteiger partial charge is 1.00 e. The van der Waals surface area contributed by atoms with Gasteiger partial charge in [-0.25, -0.2) is 0 Å². The van der Waals surface area contributed by atoms with E-state index in [9.17, 15) is 4.79 Å². The fraction of sp³-hybridized carbons (Fsp3) is 0. The number of ether oxygens (including phenoxy) is 1. The van der Waals surface area contributed by atoms with Crippen LogP contribution in [0.15, 0.2) is 24.3 Å². The van der Waals surface area contributed by atoms with Crippen molar-refractivity contribution in [1.82, 2.24) is 0 Å². The maximum Gasteiger partial charge on any atom is 1.00 e. The third kappa shape index (κ3) is 3.10. The molecule has 0 atom stereocenters. The Morgan fingerprint density at radius 3 is 2.42 bits per heavy atom. The summed E-state index contributed by atoms with van der Waals surface area (Å²) in [5.74, 6) is 2.95. The molecular formula is C9H7NaO2. The Kier molecular flexibility index (Phi) is 5.48. The van der Waals surface area contributed by atoms with Crippen LogP contribution >= 0.6 is 0 Å². The fourth-order valence-corrected chi connectivity index (χ4v) is 0.685. The second-order valence-corrected chi connectivity index (χ2v) is 1.88. The van der Waals surface area contributed by atoms with Crippen LogP contribution in [0.5, 0.6) is 5.75 Å². The van der Waals surface area contributed by atoms with Gasteiger partial charge in [0, 0.05) is 5.56 Å². The zero-order chi connectivity index (χ0) is 8.10. The zero-order valence-corrected chi connectivity index (χ0v) is 8.78. The number of hydrogen-bond donors (Lipinski definition) is 0. The van der Waals surface area contributed by atoms with E-state index in [1.54, 1.807) is 24.3 Å². The molecule has 0 spiro atoms. The SMILES string of the molecule is C#Cc1ccc(OC=O)cc1.[H-].[Na+]. The molecule has 0 aliphatic carbocycles. The standard InChI is InChI=1S/C9H6O2.Na.H/c1-2-8-3-5-9(6-4-8)11-7-10;;/h1,3-7H;;/q;+1;-1. The van der Waals surface area contributed by atoms with E-state index in [-0.39, 0.29) is 31.0 Å². The topological polar surface area (TPSA) is 26.3 Å². The molecule has 0 aliphatic rings. The normalized spacial score (nSPS) is 7.58. The van der Waals surface area contributed by atoms with Crippen LogP contribution in [0.25, 0.3) is 0 Å². The first-order valence-electron chi connectivity index (χ1n) is 3.04. The maximum atomic E-state index is 9.87. The van der Waals surface area contributed by atoms with E-state index in [4.69, 9.17) is 6.42 Å². The maximum absolute atomic E-state index is 9.87. The monoisotopic (exact) mass is 170 g/mol. The van der Waals surface area contributed by atoms with Gasteiger partial charge in [0.05, 0.1) is 0 Å². The molecule has 0 saturated heterocycles. The molecule has 0 unspecified atom stereocenters. The molecular weight excluding hydrogens is 163 g/mol. The Balaban J connectivity index is 0. The molecule has 0 heterocycles. The quantitative estimate of drug-likeness (QED) is 0.301. The first kappa shape index (κ1) is 11.2. The van der Waals surface area contributed by atoms with Gasteiger partial charge in [0.15, 0.2) is 0 Å². The van der Waals surface area contributed by atoms with E-state index < -0.39 is 0 Å². The van der Waals surface area contributed by atoms with Gasteiger partial charge in [-0.1, -0.05) is 5.92 Å². The van der Waals surface area contributed by atoms with E-state index in [1.165, 1.54) is 0 Å². The van der Waals surface area contributed by atoms with Crippen molar-refractivity contribution in [2.75, 3.05) is 0 Å². The number of carbonyl (C=O) groups excluding carboxylic acids is 1. The second kappa shape index (κ2) is 5.84. The van der Waals surface area contributed by atoms with Crippen LogP contribution in [0.3, 0.4) is 0 Å². The van der Waals surface area contributed by atoms with Crippen molar-refractivity contribution in [3.05, 3.63) is 29.8 Å². The number of carbonyl (C=O) groups is 1. The van der Waals surface area contributed by atoms with Crippen LogP contribution in [0, 0.1) is 12.3 Å². The van der Waals surface area contributed by atoms with Gasteiger partial charge in [0.25, 0.3) is 6.47 Å². The third-order valence-corrected chi connectivity index (χ3v) is 1.21. The van der Waals surface area contributed by atoms with Crippen molar-refractivity contribution in [3.63, 3.8) is 0 Å². The van der Waals surface area contributed by atoms with Crippen molar-refractivity contribution >= 4 is 6.47 Å². The summed E-state index contributed by atoms with van der Waals surface area (Å²) >= 11 is 0. The van der Waals surface area contributed by atoms with Gasteiger partial charge in [0.1, 0.15) is 5.75 Å².